The number of benzene rings is 1. The Labute approximate surface area is 157 Å². The number of fused-ring (bicyclic) bond motifs is 1. The van der Waals surface area contributed by atoms with Crippen LogP contribution in [-0.4, -0.2) is 23.3 Å². The van der Waals surface area contributed by atoms with Gasteiger partial charge in [0.2, 0.25) is 0 Å². The third kappa shape index (κ3) is 2.92. The number of hydrogen-bond donors (Lipinski definition) is 1. The van der Waals surface area contributed by atoms with Crippen molar-refractivity contribution in [1.82, 2.24) is 0 Å². The highest BCUT2D eigenvalue weighted by Crippen LogP contribution is 2.44. The molecular weight excluding hydrogens is 414 g/mol. The molecule has 1 atom stereocenters. The van der Waals surface area contributed by atoms with Gasteiger partial charge in [0.1, 0.15) is 0 Å². The molecule has 0 fully saturated rings. The van der Waals surface area contributed by atoms with Gasteiger partial charge in [-0.3, -0.25) is 9.59 Å². The second kappa shape index (κ2) is 6.59. The van der Waals surface area contributed by atoms with Crippen LogP contribution in [0.5, 0.6) is 0 Å². The van der Waals surface area contributed by atoms with Crippen LogP contribution in [0.2, 0.25) is 5.02 Å². The summed E-state index contributed by atoms with van der Waals surface area (Å²) in [6.07, 6.45) is 0.446. The molecule has 2 aromatic rings. The molecule has 3 rings (SSSR count). The Bertz CT molecular complexity index is 822. The maximum atomic E-state index is 12.8. The zero-order chi connectivity index (χ0) is 17.5. The molecule has 0 radical (unpaired) electrons. The minimum absolute atomic E-state index is 0.272. The topological polar surface area (TPSA) is 57.6 Å². The molecule has 0 spiro atoms. The molecule has 4 nitrogen and oxygen atoms in total. The third-order valence-corrected chi connectivity index (χ3v) is 5.91. The number of aliphatic hydroxyl groups is 1. The summed E-state index contributed by atoms with van der Waals surface area (Å²) >= 11 is 10.6. The van der Waals surface area contributed by atoms with Crippen molar-refractivity contribution in [3.8, 4) is 0 Å². The lowest BCUT2D eigenvalue weighted by Gasteiger charge is -2.22. The second-order valence-electron chi connectivity index (χ2n) is 5.68. The van der Waals surface area contributed by atoms with Gasteiger partial charge in [0, 0.05) is 17.1 Å². The number of hydrogen-bond acceptors (Lipinski definition) is 4. The highest BCUT2D eigenvalue weighted by atomic mass is 79.9. The molecular formula is C17H15BrClNO3S. The minimum atomic E-state index is -1.87. The molecule has 24 heavy (non-hydrogen) atoms. The smallest absolute Gasteiger partial charge is 0.264 e. The van der Waals surface area contributed by atoms with E-state index in [1.807, 2.05) is 6.92 Å². The third-order valence-electron chi connectivity index (χ3n) is 4.01. The van der Waals surface area contributed by atoms with Crippen LogP contribution in [0.4, 0.5) is 5.69 Å². The van der Waals surface area contributed by atoms with Crippen LogP contribution in [-0.2, 0) is 10.4 Å². The molecule has 126 valence electrons. The molecule has 0 saturated carbocycles. The second-order valence-corrected chi connectivity index (χ2v) is 8.58. The van der Waals surface area contributed by atoms with Gasteiger partial charge >= 0.3 is 0 Å². The summed E-state index contributed by atoms with van der Waals surface area (Å²) in [5.41, 5.74) is -0.852. The van der Waals surface area contributed by atoms with E-state index >= 15 is 0 Å². The molecule has 7 heteroatoms. The van der Waals surface area contributed by atoms with Crippen LogP contribution >= 0.6 is 38.9 Å². The van der Waals surface area contributed by atoms with Crippen molar-refractivity contribution in [1.29, 1.82) is 0 Å². The standard InChI is InChI=1S/C17H15BrClNO3S/c1-2-7-20-12-4-3-10(19)8-11(12)17(23,16(20)22)9-13(21)14-5-6-15(18)24-14/h3-6,8,23H,2,7,9H2,1H3/t17-/m0/s1. The van der Waals surface area contributed by atoms with Crippen molar-refractivity contribution in [2.75, 3.05) is 11.4 Å². The molecule has 1 aliphatic heterocycles. The molecule has 0 bridgehead atoms. The number of ketones is 1. The molecule has 1 amide bonds. The minimum Gasteiger partial charge on any atom is -0.375 e. The van der Waals surface area contributed by atoms with Crippen molar-refractivity contribution in [3.63, 3.8) is 0 Å². The predicted molar refractivity (Wildman–Crippen MR) is 99.0 cm³/mol. The number of nitrogens with zero attached hydrogens (tertiary/aromatic N) is 1. The largest absolute Gasteiger partial charge is 0.375 e. The number of halogens is 2. The first-order valence-electron chi connectivity index (χ1n) is 7.49. The van der Waals surface area contributed by atoms with E-state index in [4.69, 9.17) is 11.6 Å². The fraction of sp³-hybridized carbons (Fsp3) is 0.294. The first kappa shape index (κ1) is 17.6. The van der Waals surface area contributed by atoms with Crippen LogP contribution in [0.25, 0.3) is 0 Å². The maximum Gasteiger partial charge on any atom is 0.264 e. The van der Waals surface area contributed by atoms with Crippen LogP contribution in [0.15, 0.2) is 34.1 Å². The number of Topliss-reactive ketones (excluding diaryl/α,β-unsaturated/α-hetero) is 1. The van der Waals surface area contributed by atoms with Crippen molar-refractivity contribution in [2.45, 2.75) is 25.4 Å². The van der Waals surface area contributed by atoms with E-state index in [0.29, 0.717) is 27.7 Å². The highest BCUT2D eigenvalue weighted by Gasteiger charge is 2.50. The Morgan fingerprint density at radius 2 is 2.12 bits per heavy atom. The quantitative estimate of drug-likeness (QED) is 0.719. The molecule has 1 aromatic heterocycles. The number of carbonyl (C=O) groups is 2. The van der Waals surface area contributed by atoms with Gasteiger partial charge in [-0.05, 0) is 52.7 Å². The number of anilines is 1. The number of carbonyl (C=O) groups excluding carboxylic acids is 2. The van der Waals surface area contributed by atoms with Crippen molar-refractivity contribution in [3.05, 3.63) is 49.6 Å². The summed E-state index contributed by atoms with van der Waals surface area (Å²) in [5.74, 6) is -0.739. The average Bonchev–Trinajstić information content (AvgIpc) is 3.05. The van der Waals surface area contributed by atoms with Gasteiger partial charge in [-0.2, -0.15) is 0 Å². The van der Waals surface area contributed by atoms with Crippen molar-refractivity contribution < 1.29 is 14.7 Å². The van der Waals surface area contributed by atoms with Gasteiger partial charge in [-0.15, -0.1) is 11.3 Å². The van der Waals surface area contributed by atoms with Gasteiger partial charge in [-0.25, -0.2) is 0 Å². The van der Waals surface area contributed by atoms with Gasteiger partial charge in [0.15, 0.2) is 11.4 Å². The Balaban J connectivity index is 2.01. The van der Waals surface area contributed by atoms with Crippen LogP contribution in [0.3, 0.4) is 0 Å². The van der Waals surface area contributed by atoms with E-state index in [-0.39, 0.29) is 12.2 Å². The van der Waals surface area contributed by atoms with E-state index in [0.717, 1.165) is 10.2 Å². The van der Waals surface area contributed by atoms with Gasteiger partial charge in [0.25, 0.3) is 5.91 Å². The monoisotopic (exact) mass is 427 g/mol. The number of thiophene rings is 1. The van der Waals surface area contributed by atoms with E-state index in [1.165, 1.54) is 16.2 Å². The van der Waals surface area contributed by atoms with Crippen LogP contribution in [0.1, 0.15) is 35.0 Å². The Hall–Kier alpha value is -1.21. The molecule has 0 saturated heterocycles. The molecule has 0 unspecified atom stereocenters. The Morgan fingerprint density at radius 1 is 1.38 bits per heavy atom. The fourth-order valence-corrected chi connectivity index (χ4v) is 4.42. The molecule has 1 aliphatic rings. The summed E-state index contributed by atoms with van der Waals surface area (Å²) in [7, 11) is 0. The molecule has 2 heterocycles. The summed E-state index contributed by atoms with van der Waals surface area (Å²) in [6.45, 7) is 2.43. The van der Waals surface area contributed by atoms with Crippen molar-refractivity contribution in [2.24, 2.45) is 0 Å². The van der Waals surface area contributed by atoms with Crippen molar-refractivity contribution >= 4 is 56.2 Å². The van der Waals surface area contributed by atoms with E-state index < -0.39 is 11.5 Å². The summed E-state index contributed by atoms with van der Waals surface area (Å²) in [6, 6.07) is 8.42. The Kier molecular flexibility index (Phi) is 4.84. The lowest BCUT2D eigenvalue weighted by atomic mass is 9.89. The SMILES string of the molecule is CCCN1C(=O)[C@](O)(CC(=O)c2ccc(Br)s2)c2cc(Cl)ccc21. The summed E-state index contributed by atoms with van der Waals surface area (Å²) in [4.78, 5) is 27.4. The maximum absolute atomic E-state index is 12.8. The number of rotatable bonds is 5. The lowest BCUT2D eigenvalue weighted by Crippen LogP contribution is -2.42. The first-order valence-corrected chi connectivity index (χ1v) is 9.48. The highest BCUT2D eigenvalue weighted by molar-refractivity contribution is 9.11. The summed E-state index contributed by atoms with van der Waals surface area (Å²) in [5, 5.41) is 11.5. The van der Waals surface area contributed by atoms with E-state index in [2.05, 4.69) is 15.9 Å². The average molecular weight is 429 g/mol. The lowest BCUT2D eigenvalue weighted by molar-refractivity contribution is -0.135. The summed E-state index contributed by atoms with van der Waals surface area (Å²) < 4.78 is 0.826. The van der Waals surface area contributed by atoms with Crippen LogP contribution in [0, 0.1) is 0 Å². The zero-order valence-electron chi connectivity index (χ0n) is 12.9. The van der Waals surface area contributed by atoms with Crippen LogP contribution < -0.4 is 4.90 Å². The normalized spacial score (nSPS) is 19.7. The Morgan fingerprint density at radius 3 is 2.75 bits per heavy atom. The fourth-order valence-electron chi connectivity index (χ4n) is 2.92. The predicted octanol–water partition coefficient (Wildman–Crippen LogP) is 4.38. The zero-order valence-corrected chi connectivity index (χ0v) is 16.0. The van der Waals surface area contributed by atoms with Gasteiger partial charge in [-0.1, -0.05) is 18.5 Å². The van der Waals surface area contributed by atoms with E-state index in [9.17, 15) is 14.7 Å². The van der Waals surface area contributed by atoms with Gasteiger partial charge in [0.05, 0.1) is 20.8 Å². The molecule has 0 aliphatic carbocycles. The molecule has 1 aromatic carbocycles. The van der Waals surface area contributed by atoms with Gasteiger partial charge < -0.3 is 10.0 Å². The van der Waals surface area contributed by atoms with E-state index in [1.54, 1.807) is 30.3 Å². The molecule has 1 N–H and O–H groups in total. The first-order chi connectivity index (χ1) is 11.4. The number of amides is 1.